The highest BCUT2D eigenvalue weighted by Crippen LogP contribution is 2.24. The summed E-state index contributed by atoms with van der Waals surface area (Å²) in [6, 6.07) is 3.61. The van der Waals surface area contributed by atoms with Gasteiger partial charge in [-0.2, -0.15) is 0 Å². The third kappa shape index (κ3) is 4.03. The van der Waals surface area contributed by atoms with Gasteiger partial charge in [-0.05, 0) is 24.6 Å². The highest BCUT2D eigenvalue weighted by Gasteiger charge is 2.04. The predicted octanol–water partition coefficient (Wildman–Crippen LogP) is 1.57. The van der Waals surface area contributed by atoms with E-state index in [4.69, 9.17) is 27.2 Å². The predicted molar refractivity (Wildman–Crippen MR) is 56.6 cm³/mol. The molecule has 0 bridgehead atoms. The van der Waals surface area contributed by atoms with Crippen molar-refractivity contribution in [2.24, 2.45) is 5.73 Å². The molecule has 0 aromatic heterocycles. The van der Waals surface area contributed by atoms with Gasteiger partial charge in [0.1, 0.15) is 11.6 Å². The Morgan fingerprint density at radius 1 is 1.53 bits per heavy atom. The van der Waals surface area contributed by atoms with Crippen molar-refractivity contribution in [3.8, 4) is 5.75 Å². The van der Waals surface area contributed by atoms with Crippen LogP contribution in [0.1, 0.15) is 6.42 Å². The molecule has 3 nitrogen and oxygen atoms in total. The molecule has 0 saturated carbocycles. The monoisotopic (exact) mass is 233 g/mol. The van der Waals surface area contributed by atoms with Crippen LogP contribution in [0.25, 0.3) is 0 Å². The third-order valence-electron chi connectivity index (χ3n) is 1.87. The number of ether oxygens (including phenoxy) is 1. The maximum Gasteiger partial charge on any atom is 0.138 e. The molecule has 0 amide bonds. The Balaban J connectivity index is 2.44. The lowest BCUT2D eigenvalue weighted by molar-refractivity contribution is 0.230. The van der Waals surface area contributed by atoms with Gasteiger partial charge in [0.05, 0.1) is 18.2 Å². The van der Waals surface area contributed by atoms with Crippen molar-refractivity contribution in [2.75, 3.05) is 13.2 Å². The minimum Gasteiger partial charge on any atom is -0.492 e. The van der Waals surface area contributed by atoms with Gasteiger partial charge in [-0.25, -0.2) is 4.39 Å². The van der Waals surface area contributed by atoms with Gasteiger partial charge in [0.15, 0.2) is 0 Å². The summed E-state index contributed by atoms with van der Waals surface area (Å²) in [6.07, 6.45) is 0.518. The molecular weight excluding hydrogens is 221 g/mol. The zero-order chi connectivity index (χ0) is 11.3. The summed E-state index contributed by atoms with van der Waals surface area (Å²) in [4.78, 5) is 0. The Bertz CT molecular complexity index is 322. The SMILES string of the molecule is NC(CO)CCOc1ccc(F)cc1Cl. The average molecular weight is 234 g/mol. The number of benzene rings is 1. The van der Waals surface area contributed by atoms with Gasteiger partial charge < -0.3 is 15.6 Å². The number of nitrogens with two attached hydrogens (primary N) is 1. The number of aliphatic hydroxyl groups excluding tert-OH is 1. The summed E-state index contributed by atoms with van der Waals surface area (Å²) in [5.74, 6) is 0.0163. The second kappa shape index (κ2) is 5.90. The second-order valence-corrected chi connectivity index (χ2v) is 3.56. The maximum atomic E-state index is 12.7. The highest BCUT2D eigenvalue weighted by molar-refractivity contribution is 6.32. The first-order chi connectivity index (χ1) is 7.13. The number of hydrogen-bond acceptors (Lipinski definition) is 3. The molecule has 84 valence electrons. The highest BCUT2D eigenvalue weighted by atomic mass is 35.5. The molecule has 1 rings (SSSR count). The smallest absolute Gasteiger partial charge is 0.138 e. The fraction of sp³-hybridized carbons (Fsp3) is 0.400. The van der Waals surface area contributed by atoms with Crippen molar-refractivity contribution in [3.63, 3.8) is 0 Å². The number of hydrogen-bond donors (Lipinski definition) is 2. The average Bonchev–Trinajstić information content (AvgIpc) is 2.21. The van der Waals surface area contributed by atoms with Crippen molar-refractivity contribution >= 4 is 11.6 Å². The molecular formula is C10H13ClFNO2. The maximum absolute atomic E-state index is 12.7. The first-order valence-corrected chi connectivity index (χ1v) is 4.95. The molecule has 0 aliphatic carbocycles. The number of halogens is 2. The van der Waals surface area contributed by atoms with E-state index in [1.165, 1.54) is 18.2 Å². The van der Waals surface area contributed by atoms with Crippen LogP contribution in [0, 0.1) is 5.82 Å². The van der Waals surface area contributed by atoms with Gasteiger partial charge in [-0.3, -0.25) is 0 Å². The standard InChI is InChI=1S/C10H13ClFNO2/c11-9-5-7(12)1-2-10(9)15-4-3-8(13)6-14/h1-2,5,8,14H,3-4,6,13H2. The van der Waals surface area contributed by atoms with Gasteiger partial charge in [0.2, 0.25) is 0 Å². The lowest BCUT2D eigenvalue weighted by Gasteiger charge is -2.10. The Kier molecular flexibility index (Phi) is 4.81. The van der Waals surface area contributed by atoms with Crippen LogP contribution in [0.15, 0.2) is 18.2 Å². The normalized spacial score (nSPS) is 12.5. The molecule has 0 fully saturated rings. The van der Waals surface area contributed by atoms with Gasteiger partial charge >= 0.3 is 0 Å². The van der Waals surface area contributed by atoms with Crippen molar-refractivity contribution < 1.29 is 14.2 Å². The van der Waals surface area contributed by atoms with Crippen LogP contribution >= 0.6 is 11.6 Å². The minimum absolute atomic E-state index is 0.0828. The molecule has 1 aromatic rings. The Morgan fingerprint density at radius 2 is 2.27 bits per heavy atom. The quantitative estimate of drug-likeness (QED) is 0.812. The van der Waals surface area contributed by atoms with Crippen LogP contribution < -0.4 is 10.5 Å². The van der Waals surface area contributed by atoms with Crippen LogP contribution in [0.4, 0.5) is 4.39 Å². The molecule has 0 radical (unpaired) electrons. The summed E-state index contributed by atoms with van der Waals surface area (Å²) in [7, 11) is 0. The van der Waals surface area contributed by atoms with E-state index in [2.05, 4.69) is 0 Å². The molecule has 1 atom stereocenters. The molecule has 0 saturated heterocycles. The molecule has 0 aliphatic rings. The Labute approximate surface area is 92.6 Å². The van der Waals surface area contributed by atoms with E-state index in [0.29, 0.717) is 18.8 Å². The van der Waals surface area contributed by atoms with E-state index in [1.54, 1.807) is 0 Å². The largest absolute Gasteiger partial charge is 0.492 e. The van der Waals surface area contributed by atoms with Crippen molar-refractivity contribution in [2.45, 2.75) is 12.5 Å². The Hall–Kier alpha value is -0.840. The Morgan fingerprint density at radius 3 is 2.87 bits per heavy atom. The summed E-state index contributed by atoms with van der Waals surface area (Å²) in [6.45, 7) is 0.258. The lowest BCUT2D eigenvalue weighted by atomic mass is 10.2. The number of aliphatic hydroxyl groups is 1. The zero-order valence-electron chi connectivity index (χ0n) is 8.12. The van der Waals surface area contributed by atoms with Gasteiger partial charge in [0, 0.05) is 6.04 Å². The van der Waals surface area contributed by atoms with Gasteiger partial charge in [-0.1, -0.05) is 11.6 Å². The first-order valence-electron chi connectivity index (χ1n) is 4.57. The van der Waals surface area contributed by atoms with Crippen LogP contribution in [0.2, 0.25) is 5.02 Å². The van der Waals surface area contributed by atoms with E-state index in [-0.39, 0.29) is 17.7 Å². The topological polar surface area (TPSA) is 55.5 Å². The van der Waals surface area contributed by atoms with Crippen molar-refractivity contribution in [1.82, 2.24) is 0 Å². The van der Waals surface area contributed by atoms with Crippen molar-refractivity contribution in [1.29, 1.82) is 0 Å². The molecule has 5 heteroatoms. The first kappa shape index (κ1) is 12.2. The second-order valence-electron chi connectivity index (χ2n) is 3.15. The van der Waals surface area contributed by atoms with Crippen LogP contribution in [0.3, 0.4) is 0 Å². The minimum atomic E-state index is -0.403. The van der Waals surface area contributed by atoms with E-state index >= 15 is 0 Å². The fourth-order valence-corrected chi connectivity index (χ4v) is 1.23. The van der Waals surface area contributed by atoms with E-state index < -0.39 is 5.82 Å². The summed E-state index contributed by atoms with van der Waals surface area (Å²) >= 11 is 5.73. The van der Waals surface area contributed by atoms with E-state index in [0.717, 1.165) is 0 Å². The van der Waals surface area contributed by atoms with E-state index in [9.17, 15) is 4.39 Å². The molecule has 1 aromatic carbocycles. The molecule has 15 heavy (non-hydrogen) atoms. The molecule has 3 N–H and O–H groups in total. The number of rotatable bonds is 5. The molecule has 0 spiro atoms. The van der Waals surface area contributed by atoms with E-state index in [1.807, 2.05) is 0 Å². The van der Waals surface area contributed by atoms with Crippen molar-refractivity contribution in [3.05, 3.63) is 29.0 Å². The lowest BCUT2D eigenvalue weighted by Crippen LogP contribution is -2.26. The summed E-state index contributed by atoms with van der Waals surface area (Å²) in [5, 5.41) is 8.90. The van der Waals surface area contributed by atoms with Gasteiger partial charge in [-0.15, -0.1) is 0 Å². The van der Waals surface area contributed by atoms with Crippen LogP contribution in [0.5, 0.6) is 5.75 Å². The molecule has 0 aliphatic heterocycles. The van der Waals surface area contributed by atoms with Crippen LogP contribution in [-0.4, -0.2) is 24.4 Å². The third-order valence-corrected chi connectivity index (χ3v) is 2.17. The zero-order valence-corrected chi connectivity index (χ0v) is 8.88. The van der Waals surface area contributed by atoms with Crippen LogP contribution in [-0.2, 0) is 0 Å². The molecule has 1 unspecified atom stereocenters. The molecule has 0 heterocycles. The summed E-state index contributed by atoms with van der Waals surface area (Å²) in [5.41, 5.74) is 5.48. The van der Waals surface area contributed by atoms with Gasteiger partial charge in [0.25, 0.3) is 0 Å². The summed E-state index contributed by atoms with van der Waals surface area (Å²) < 4.78 is 17.9. The fourth-order valence-electron chi connectivity index (χ4n) is 1.00.